The standard InChI is InChI=1S/C16H28N2O2/c1-5-10-17-12-14-7-6-8-15(18-14)13-20-11-9-16(2,3)19-4/h6-8,17H,5,9-13H2,1-4H3. The molecule has 114 valence electrons. The predicted octanol–water partition coefficient (Wildman–Crippen LogP) is 2.91. The molecule has 4 heteroatoms. The van der Waals surface area contributed by atoms with Gasteiger partial charge in [-0.3, -0.25) is 4.98 Å². The maximum atomic E-state index is 5.68. The van der Waals surface area contributed by atoms with E-state index in [1.165, 1.54) is 0 Å². The quantitative estimate of drug-likeness (QED) is 0.669. The molecule has 1 aromatic heterocycles. The first-order chi connectivity index (χ1) is 9.57. The van der Waals surface area contributed by atoms with Gasteiger partial charge in [-0.25, -0.2) is 0 Å². The molecule has 0 saturated heterocycles. The zero-order valence-corrected chi connectivity index (χ0v) is 13.2. The third-order valence-electron chi connectivity index (χ3n) is 3.25. The van der Waals surface area contributed by atoms with Crippen LogP contribution < -0.4 is 5.32 Å². The molecule has 0 amide bonds. The Balaban J connectivity index is 2.31. The van der Waals surface area contributed by atoms with E-state index in [-0.39, 0.29) is 5.60 Å². The lowest BCUT2D eigenvalue weighted by molar-refractivity contribution is -0.0128. The first-order valence-electron chi connectivity index (χ1n) is 7.36. The lowest BCUT2D eigenvalue weighted by Gasteiger charge is -2.22. The smallest absolute Gasteiger partial charge is 0.0887 e. The SMILES string of the molecule is CCCNCc1cccc(COCCC(C)(C)OC)n1. The Morgan fingerprint density at radius 2 is 2.00 bits per heavy atom. The van der Waals surface area contributed by atoms with Crippen LogP contribution in [0.5, 0.6) is 0 Å². The third kappa shape index (κ3) is 6.98. The van der Waals surface area contributed by atoms with Crippen LogP contribution in [0.25, 0.3) is 0 Å². The summed E-state index contributed by atoms with van der Waals surface area (Å²) in [6.07, 6.45) is 2.01. The molecule has 1 N–H and O–H groups in total. The highest BCUT2D eigenvalue weighted by atomic mass is 16.5. The minimum atomic E-state index is -0.126. The second kappa shape index (κ2) is 9.06. The van der Waals surface area contributed by atoms with Gasteiger partial charge in [-0.1, -0.05) is 13.0 Å². The van der Waals surface area contributed by atoms with E-state index >= 15 is 0 Å². The number of rotatable bonds is 10. The van der Waals surface area contributed by atoms with Gasteiger partial charge in [-0.2, -0.15) is 0 Å². The first-order valence-corrected chi connectivity index (χ1v) is 7.36. The molecule has 0 atom stereocenters. The van der Waals surface area contributed by atoms with E-state index in [2.05, 4.69) is 31.1 Å². The average Bonchev–Trinajstić information content (AvgIpc) is 2.45. The molecule has 0 bridgehead atoms. The van der Waals surface area contributed by atoms with Gasteiger partial charge in [0.05, 0.1) is 23.6 Å². The molecular formula is C16H28N2O2. The number of methoxy groups -OCH3 is 1. The van der Waals surface area contributed by atoms with Crippen molar-refractivity contribution in [1.29, 1.82) is 0 Å². The minimum absolute atomic E-state index is 0.126. The summed E-state index contributed by atoms with van der Waals surface area (Å²) in [4.78, 5) is 4.58. The molecule has 0 saturated carbocycles. The summed E-state index contributed by atoms with van der Waals surface area (Å²) in [6.45, 7) is 9.37. The molecule has 4 nitrogen and oxygen atoms in total. The van der Waals surface area contributed by atoms with E-state index in [0.29, 0.717) is 13.2 Å². The van der Waals surface area contributed by atoms with Gasteiger partial charge < -0.3 is 14.8 Å². The maximum Gasteiger partial charge on any atom is 0.0887 e. The molecule has 0 aliphatic rings. The molecule has 20 heavy (non-hydrogen) atoms. The van der Waals surface area contributed by atoms with Crippen LogP contribution >= 0.6 is 0 Å². The highest BCUT2D eigenvalue weighted by Crippen LogP contribution is 2.13. The van der Waals surface area contributed by atoms with Gasteiger partial charge in [0.25, 0.3) is 0 Å². The molecule has 0 aliphatic carbocycles. The van der Waals surface area contributed by atoms with E-state index < -0.39 is 0 Å². The summed E-state index contributed by atoms with van der Waals surface area (Å²) in [6, 6.07) is 6.08. The fraction of sp³-hybridized carbons (Fsp3) is 0.688. The number of ether oxygens (including phenoxy) is 2. The Kier molecular flexibility index (Phi) is 7.73. The zero-order chi connectivity index (χ0) is 14.8. The topological polar surface area (TPSA) is 43.4 Å². The Bertz CT molecular complexity index is 380. The number of aromatic nitrogens is 1. The van der Waals surface area contributed by atoms with Gasteiger partial charge in [0, 0.05) is 20.3 Å². The highest BCUT2D eigenvalue weighted by molar-refractivity contribution is 5.10. The second-order valence-corrected chi connectivity index (χ2v) is 5.56. The second-order valence-electron chi connectivity index (χ2n) is 5.56. The number of hydrogen-bond acceptors (Lipinski definition) is 4. The lowest BCUT2D eigenvalue weighted by Crippen LogP contribution is -2.24. The van der Waals surface area contributed by atoms with E-state index in [1.54, 1.807) is 7.11 Å². The van der Waals surface area contributed by atoms with Crippen molar-refractivity contribution in [3.8, 4) is 0 Å². The van der Waals surface area contributed by atoms with E-state index in [0.717, 1.165) is 37.3 Å². The molecule has 1 heterocycles. The van der Waals surface area contributed by atoms with Crippen LogP contribution in [-0.4, -0.2) is 30.8 Å². The predicted molar refractivity (Wildman–Crippen MR) is 81.6 cm³/mol. The molecule has 1 aromatic rings. The van der Waals surface area contributed by atoms with Crippen molar-refractivity contribution < 1.29 is 9.47 Å². The molecule has 0 aromatic carbocycles. The summed E-state index contributed by atoms with van der Waals surface area (Å²) in [7, 11) is 1.73. The van der Waals surface area contributed by atoms with Crippen LogP contribution in [-0.2, 0) is 22.6 Å². The number of nitrogens with one attached hydrogen (secondary N) is 1. The van der Waals surface area contributed by atoms with Gasteiger partial charge >= 0.3 is 0 Å². The van der Waals surface area contributed by atoms with Crippen molar-refractivity contribution in [2.75, 3.05) is 20.3 Å². The van der Waals surface area contributed by atoms with Crippen LogP contribution in [0.1, 0.15) is 45.0 Å². The zero-order valence-electron chi connectivity index (χ0n) is 13.2. The van der Waals surface area contributed by atoms with Crippen molar-refractivity contribution in [1.82, 2.24) is 10.3 Å². The van der Waals surface area contributed by atoms with Gasteiger partial charge in [-0.05, 0) is 45.4 Å². The van der Waals surface area contributed by atoms with Crippen LogP contribution in [0.15, 0.2) is 18.2 Å². The third-order valence-corrected chi connectivity index (χ3v) is 3.25. The first kappa shape index (κ1) is 17.1. The lowest BCUT2D eigenvalue weighted by atomic mass is 10.1. The van der Waals surface area contributed by atoms with Crippen LogP contribution in [0.2, 0.25) is 0 Å². The van der Waals surface area contributed by atoms with E-state index in [4.69, 9.17) is 9.47 Å². The largest absolute Gasteiger partial charge is 0.379 e. The Morgan fingerprint density at radius 1 is 1.25 bits per heavy atom. The van der Waals surface area contributed by atoms with E-state index in [9.17, 15) is 0 Å². The van der Waals surface area contributed by atoms with Gasteiger partial charge in [0.15, 0.2) is 0 Å². The van der Waals surface area contributed by atoms with Crippen LogP contribution in [0.3, 0.4) is 0 Å². The van der Waals surface area contributed by atoms with Crippen LogP contribution in [0.4, 0.5) is 0 Å². The Labute approximate surface area is 122 Å². The highest BCUT2D eigenvalue weighted by Gasteiger charge is 2.15. The van der Waals surface area contributed by atoms with Gasteiger partial charge in [0.2, 0.25) is 0 Å². The maximum absolute atomic E-state index is 5.68. The Morgan fingerprint density at radius 3 is 2.70 bits per heavy atom. The summed E-state index contributed by atoms with van der Waals surface area (Å²) in [5.41, 5.74) is 1.92. The van der Waals surface area contributed by atoms with E-state index in [1.807, 2.05) is 18.2 Å². The molecule has 1 rings (SSSR count). The fourth-order valence-corrected chi connectivity index (χ4v) is 1.70. The number of nitrogens with zero attached hydrogens (tertiary/aromatic N) is 1. The minimum Gasteiger partial charge on any atom is -0.379 e. The number of pyridine rings is 1. The normalized spacial score (nSPS) is 11.8. The summed E-state index contributed by atoms with van der Waals surface area (Å²) >= 11 is 0. The van der Waals surface area contributed by atoms with Crippen molar-refractivity contribution in [3.63, 3.8) is 0 Å². The van der Waals surface area contributed by atoms with Gasteiger partial charge in [0.1, 0.15) is 0 Å². The molecule has 0 aliphatic heterocycles. The molecule has 0 unspecified atom stereocenters. The van der Waals surface area contributed by atoms with Gasteiger partial charge in [-0.15, -0.1) is 0 Å². The summed E-state index contributed by atoms with van der Waals surface area (Å²) in [5, 5.41) is 3.35. The van der Waals surface area contributed by atoms with Crippen molar-refractivity contribution >= 4 is 0 Å². The fourth-order valence-electron chi connectivity index (χ4n) is 1.70. The monoisotopic (exact) mass is 280 g/mol. The van der Waals surface area contributed by atoms with Crippen molar-refractivity contribution in [2.45, 2.75) is 52.4 Å². The Hall–Kier alpha value is -0.970. The summed E-state index contributed by atoms with van der Waals surface area (Å²) in [5.74, 6) is 0. The number of hydrogen-bond donors (Lipinski definition) is 1. The van der Waals surface area contributed by atoms with Crippen molar-refractivity contribution in [3.05, 3.63) is 29.6 Å². The molecule has 0 fully saturated rings. The van der Waals surface area contributed by atoms with Crippen LogP contribution in [0, 0.1) is 0 Å². The summed E-state index contributed by atoms with van der Waals surface area (Å²) < 4.78 is 11.0. The molecule has 0 spiro atoms. The average molecular weight is 280 g/mol. The molecule has 0 radical (unpaired) electrons. The van der Waals surface area contributed by atoms with Crippen molar-refractivity contribution in [2.24, 2.45) is 0 Å². The molecular weight excluding hydrogens is 252 g/mol.